The molecule has 2 heterocycles. The minimum Gasteiger partial charge on any atom is -0.481 e. The molecule has 2 aliphatic heterocycles. The Kier molecular flexibility index (Phi) is 4.49. The lowest BCUT2D eigenvalue weighted by Gasteiger charge is -2.42. The van der Waals surface area contributed by atoms with Gasteiger partial charge in [-0.1, -0.05) is 12.1 Å². The summed E-state index contributed by atoms with van der Waals surface area (Å²) in [7, 11) is 0. The number of nitrogens with zero attached hydrogens (tertiary/aromatic N) is 1. The van der Waals surface area contributed by atoms with Crippen LogP contribution in [0.1, 0.15) is 30.7 Å². The van der Waals surface area contributed by atoms with Crippen molar-refractivity contribution >= 4 is 28.6 Å². The van der Waals surface area contributed by atoms with Crippen LogP contribution in [0.2, 0.25) is 0 Å². The number of fused-ring (bicyclic) bond motifs is 2. The molecule has 1 aromatic carbocycles. The fraction of sp³-hybridized carbons (Fsp3) is 0.562. The summed E-state index contributed by atoms with van der Waals surface area (Å²) in [5.74, 6) is -1.11. The summed E-state index contributed by atoms with van der Waals surface area (Å²) < 4.78 is 13.9. The van der Waals surface area contributed by atoms with Crippen molar-refractivity contribution in [2.24, 2.45) is 5.92 Å². The van der Waals surface area contributed by atoms with Crippen LogP contribution >= 0.6 is 22.6 Å². The highest BCUT2D eigenvalue weighted by Gasteiger charge is 2.50. The Morgan fingerprint density at radius 1 is 1.33 bits per heavy atom. The van der Waals surface area contributed by atoms with Crippen LogP contribution in [0.15, 0.2) is 24.3 Å². The first-order valence-corrected chi connectivity index (χ1v) is 8.49. The van der Waals surface area contributed by atoms with Gasteiger partial charge in [-0.2, -0.15) is 0 Å². The minimum atomic E-state index is -0.743. The molecule has 114 valence electrons. The summed E-state index contributed by atoms with van der Waals surface area (Å²) in [6, 6.07) is 8.49. The summed E-state index contributed by atoms with van der Waals surface area (Å²) in [4.78, 5) is 13.9. The second kappa shape index (κ2) is 6.20. The van der Waals surface area contributed by atoms with Crippen molar-refractivity contribution in [3.05, 3.63) is 33.4 Å². The van der Waals surface area contributed by atoms with Crippen LogP contribution in [-0.4, -0.2) is 41.3 Å². The summed E-state index contributed by atoms with van der Waals surface area (Å²) in [5, 5.41) is 9.71. The molecule has 0 radical (unpaired) electrons. The fourth-order valence-corrected chi connectivity index (χ4v) is 4.51. The number of carboxylic acids is 1. The number of hydrogen-bond donors (Lipinski definition) is 1. The first-order valence-electron chi connectivity index (χ1n) is 7.41. The van der Waals surface area contributed by atoms with Gasteiger partial charge < -0.3 is 5.11 Å². The van der Waals surface area contributed by atoms with E-state index in [1.165, 1.54) is 0 Å². The second-order valence-electron chi connectivity index (χ2n) is 5.98. The Morgan fingerprint density at radius 2 is 2.05 bits per heavy atom. The Labute approximate surface area is 137 Å². The Balaban J connectivity index is 1.91. The molecule has 4 atom stereocenters. The van der Waals surface area contributed by atoms with Gasteiger partial charge in [0, 0.05) is 28.1 Å². The van der Waals surface area contributed by atoms with E-state index in [1.807, 2.05) is 24.3 Å². The summed E-state index contributed by atoms with van der Waals surface area (Å²) in [6.45, 7) is -0.0218. The quantitative estimate of drug-likeness (QED) is 0.785. The molecule has 1 N–H and O–H groups in total. The zero-order chi connectivity index (χ0) is 15.0. The van der Waals surface area contributed by atoms with Crippen molar-refractivity contribution in [1.82, 2.24) is 4.90 Å². The number of halogens is 2. The Hall–Kier alpha value is -0.690. The van der Waals surface area contributed by atoms with Gasteiger partial charge in [-0.25, -0.2) is 4.39 Å². The van der Waals surface area contributed by atoms with Gasteiger partial charge in [0.2, 0.25) is 0 Å². The number of benzene rings is 1. The number of alkyl halides is 1. The van der Waals surface area contributed by atoms with Gasteiger partial charge in [0.25, 0.3) is 0 Å². The molecule has 0 aromatic heterocycles. The highest BCUT2D eigenvalue weighted by molar-refractivity contribution is 14.1. The molecule has 2 saturated heterocycles. The maximum atomic E-state index is 12.8. The van der Waals surface area contributed by atoms with Crippen molar-refractivity contribution in [2.45, 2.75) is 37.3 Å². The maximum Gasteiger partial charge on any atom is 0.308 e. The molecule has 2 fully saturated rings. The molecular formula is C16H19FINO2. The number of hydrogen-bond acceptors (Lipinski definition) is 2. The number of rotatable bonds is 4. The first kappa shape index (κ1) is 15.2. The molecule has 1 aromatic rings. The minimum absolute atomic E-state index is 0.0127. The largest absolute Gasteiger partial charge is 0.481 e. The molecule has 3 nitrogen and oxygen atoms in total. The normalized spacial score (nSPS) is 32.3. The fourth-order valence-electron chi connectivity index (χ4n) is 4.15. The van der Waals surface area contributed by atoms with Crippen molar-refractivity contribution in [3.63, 3.8) is 0 Å². The lowest BCUT2D eigenvalue weighted by Crippen LogP contribution is -2.51. The van der Waals surface area contributed by atoms with E-state index in [0.717, 1.165) is 28.4 Å². The Bertz CT molecular complexity index is 522. The number of aliphatic carboxylic acids is 1. The average Bonchev–Trinajstić information content (AvgIpc) is 2.72. The Morgan fingerprint density at radius 3 is 2.67 bits per heavy atom. The van der Waals surface area contributed by atoms with E-state index in [9.17, 15) is 14.3 Å². The molecule has 3 rings (SSSR count). The molecule has 0 amide bonds. The zero-order valence-electron chi connectivity index (χ0n) is 11.7. The lowest BCUT2D eigenvalue weighted by atomic mass is 9.76. The van der Waals surface area contributed by atoms with Crippen LogP contribution in [0.5, 0.6) is 0 Å². The molecule has 0 unspecified atom stereocenters. The molecule has 2 aliphatic rings. The third-order valence-electron chi connectivity index (χ3n) is 4.99. The number of carbonyl (C=O) groups is 1. The van der Waals surface area contributed by atoms with Crippen LogP contribution in [0, 0.1) is 9.49 Å². The summed E-state index contributed by atoms with van der Waals surface area (Å²) >= 11 is 2.25. The van der Waals surface area contributed by atoms with E-state index in [1.54, 1.807) is 0 Å². The first-order chi connectivity index (χ1) is 10.1. The third-order valence-corrected chi connectivity index (χ3v) is 5.71. The SMILES string of the molecule is O=C(O)[C@H]1[C@@H](c2ccc(I)cc2)C[C@@H]2CC[C@H]1N2CCF. The van der Waals surface area contributed by atoms with E-state index in [4.69, 9.17) is 0 Å². The van der Waals surface area contributed by atoms with Crippen LogP contribution in [0.3, 0.4) is 0 Å². The van der Waals surface area contributed by atoms with Gasteiger partial charge in [-0.15, -0.1) is 0 Å². The van der Waals surface area contributed by atoms with Gasteiger partial charge in [0.1, 0.15) is 6.67 Å². The highest BCUT2D eigenvalue weighted by atomic mass is 127. The zero-order valence-corrected chi connectivity index (χ0v) is 13.9. The van der Waals surface area contributed by atoms with Crippen LogP contribution < -0.4 is 0 Å². The lowest BCUT2D eigenvalue weighted by molar-refractivity contribution is -0.147. The van der Waals surface area contributed by atoms with Crippen molar-refractivity contribution < 1.29 is 14.3 Å². The van der Waals surface area contributed by atoms with E-state index >= 15 is 0 Å². The highest BCUT2D eigenvalue weighted by Crippen LogP contribution is 2.46. The van der Waals surface area contributed by atoms with E-state index in [0.29, 0.717) is 12.6 Å². The number of carboxylic acid groups (broad SMARTS) is 1. The third kappa shape index (κ3) is 2.82. The molecule has 21 heavy (non-hydrogen) atoms. The van der Waals surface area contributed by atoms with Crippen LogP contribution in [0.25, 0.3) is 0 Å². The smallest absolute Gasteiger partial charge is 0.308 e. The van der Waals surface area contributed by atoms with Crippen LogP contribution in [-0.2, 0) is 4.79 Å². The molecular weight excluding hydrogens is 384 g/mol. The van der Waals surface area contributed by atoms with Crippen molar-refractivity contribution in [1.29, 1.82) is 0 Å². The molecule has 0 saturated carbocycles. The maximum absolute atomic E-state index is 12.8. The summed E-state index contributed by atoms with van der Waals surface area (Å²) in [5.41, 5.74) is 1.11. The van der Waals surface area contributed by atoms with Gasteiger partial charge >= 0.3 is 5.97 Å². The van der Waals surface area contributed by atoms with Crippen LogP contribution in [0.4, 0.5) is 4.39 Å². The average molecular weight is 403 g/mol. The van der Waals surface area contributed by atoms with E-state index < -0.39 is 18.6 Å². The topological polar surface area (TPSA) is 40.5 Å². The van der Waals surface area contributed by atoms with Crippen molar-refractivity contribution in [2.75, 3.05) is 13.2 Å². The predicted octanol–water partition coefficient (Wildman–Crippen LogP) is 3.28. The second-order valence-corrected chi connectivity index (χ2v) is 7.23. The van der Waals surface area contributed by atoms with E-state index in [2.05, 4.69) is 27.5 Å². The van der Waals surface area contributed by atoms with Gasteiger partial charge in [-0.3, -0.25) is 9.69 Å². The molecule has 2 bridgehead atoms. The standard InChI is InChI=1S/C16H19FINO2/c17-7-8-19-12-5-6-14(19)15(16(20)21)13(9-12)10-1-3-11(18)4-2-10/h1-4,12-15H,5-9H2,(H,20,21)/t12-,13+,14+,15-/m0/s1. The van der Waals surface area contributed by atoms with Gasteiger partial charge in [-0.05, 0) is 59.5 Å². The van der Waals surface area contributed by atoms with Gasteiger partial charge in [0.15, 0.2) is 0 Å². The molecule has 0 aliphatic carbocycles. The van der Waals surface area contributed by atoms with E-state index in [-0.39, 0.29) is 12.0 Å². The predicted molar refractivity (Wildman–Crippen MR) is 87.1 cm³/mol. The monoisotopic (exact) mass is 403 g/mol. The van der Waals surface area contributed by atoms with Gasteiger partial charge in [0.05, 0.1) is 5.92 Å². The molecule has 0 spiro atoms. The summed E-state index contributed by atoms with van der Waals surface area (Å²) in [6.07, 6.45) is 2.70. The molecule has 5 heteroatoms. The van der Waals surface area contributed by atoms with Crippen molar-refractivity contribution in [3.8, 4) is 0 Å². The number of piperidine rings is 1.